The molecule has 0 aromatic heterocycles. The third-order valence-electron chi connectivity index (χ3n) is 3.78. The Morgan fingerprint density at radius 2 is 2.05 bits per heavy atom. The van der Waals surface area contributed by atoms with E-state index < -0.39 is 11.9 Å². The molecule has 22 heavy (non-hydrogen) atoms. The number of benzene rings is 1. The van der Waals surface area contributed by atoms with Crippen LogP contribution in [-0.2, 0) is 25.6 Å². The highest BCUT2D eigenvalue weighted by Gasteiger charge is 2.44. The van der Waals surface area contributed by atoms with Gasteiger partial charge in [0.15, 0.2) is 5.79 Å². The van der Waals surface area contributed by atoms with Crippen LogP contribution in [0.5, 0.6) is 0 Å². The van der Waals surface area contributed by atoms with Gasteiger partial charge in [-0.1, -0.05) is 30.3 Å². The van der Waals surface area contributed by atoms with Gasteiger partial charge in [0.25, 0.3) is 0 Å². The van der Waals surface area contributed by atoms with Crippen molar-refractivity contribution in [1.29, 1.82) is 0 Å². The van der Waals surface area contributed by atoms with Gasteiger partial charge in [0, 0.05) is 0 Å². The van der Waals surface area contributed by atoms with Gasteiger partial charge in [0.2, 0.25) is 0 Å². The van der Waals surface area contributed by atoms with Crippen LogP contribution in [0.3, 0.4) is 0 Å². The zero-order valence-electron chi connectivity index (χ0n) is 12.8. The molecular weight excluding hydrogens is 286 g/mol. The number of alkyl carbamates (subject to hydrolysis) is 1. The SMILES string of the molecule is CC1(C)OC[C@H](OCc2ccccc2)C([C@@H]2COC(=O)N2)O1. The van der Waals surface area contributed by atoms with Gasteiger partial charge in [-0.05, 0) is 19.4 Å². The maximum Gasteiger partial charge on any atom is 0.407 e. The number of hydrogen-bond donors (Lipinski definition) is 1. The van der Waals surface area contributed by atoms with Crippen LogP contribution in [-0.4, -0.2) is 43.3 Å². The monoisotopic (exact) mass is 307 g/mol. The van der Waals surface area contributed by atoms with Crippen LogP contribution in [0.25, 0.3) is 0 Å². The fraction of sp³-hybridized carbons (Fsp3) is 0.562. The molecule has 0 aliphatic carbocycles. The third-order valence-corrected chi connectivity index (χ3v) is 3.78. The van der Waals surface area contributed by atoms with Crippen LogP contribution in [0.2, 0.25) is 0 Å². The lowest BCUT2D eigenvalue weighted by molar-refractivity contribution is -0.315. The van der Waals surface area contributed by atoms with Gasteiger partial charge < -0.3 is 24.3 Å². The van der Waals surface area contributed by atoms with E-state index in [1.807, 2.05) is 44.2 Å². The predicted molar refractivity (Wildman–Crippen MR) is 78.2 cm³/mol. The highest BCUT2D eigenvalue weighted by molar-refractivity contribution is 5.69. The molecule has 0 radical (unpaired) electrons. The van der Waals surface area contributed by atoms with Crippen molar-refractivity contribution in [2.75, 3.05) is 13.2 Å². The van der Waals surface area contributed by atoms with Gasteiger partial charge in [-0.3, -0.25) is 0 Å². The van der Waals surface area contributed by atoms with Crippen LogP contribution in [0.1, 0.15) is 19.4 Å². The summed E-state index contributed by atoms with van der Waals surface area (Å²) in [6.45, 7) is 4.87. The number of ether oxygens (including phenoxy) is 4. The Labute approximate surface area is 129 Å². The lowest BCUT2D eigenvalue weighted by Crippen LogP contribution is -2.57. The highest BCUT2D eigenvalue weighted by atomic mass is 16.7. The van der Waals surface area contributed by atoms with Gasteiger partial charge in [-0.15, -0.1) is 0 Å². The summed E-state index contributed by atoms with van der Waals surface area (Å²) in [6.07, 6.45) is -0.987. The second kappa shape index (κ2) is 6.24. The Balaban J connectivity index is 1.66. The van der Waals surface area contributed by atoms with Crippen LogP contribution in [0, 0.1) is 0 Å². The first-order valence-corrected chi connectivity index (χ1v) is 7.44. The summed E-state index contributed by atoms with van der Waals surface area (Å²) in [7, 11) is 0. The van der Waals surface area contributed by atoms with Crippen molar-refractivity contribution >= 4 is 6.09 Å². The maximum atomic E-state index is 11.3. The minimum atomic E-state index is -0.704. The summed E-state index contributed by atoms with van der Waals surface area (Å²) in [5.41, 5.74) is 1.08. The average molecular weight is 307 g/mol. The van der Waals surface area contributed by atoms with Crippen molar-refractivity contribution in [2.45, 2.75) is 44.5 Å². The Morgan fingerprint density at radius 3 is 2.73 bits per heavy atom. The molecule has 1 N–H and O–H groups in total. The number of carbonyl (C=O) groups excluding carboxylic acids is 1. The zero-order chi connectivity index (χ0) is 15.6. The van der Waals surface area contributed by atoms with Gasteiger partial charge in [-0.25, -0.2) is 4.79 Å². The van der Waals surface area contributed by atoms with E-state index in [0.717, 1.165) is 5.56 Å². The molecule has 0 bridgehead atoms. The van der Waals surface area contributed by atoms with Crippen molar-refractivity contribution in [1.82, 2.24) is 5.32 Å². The molecule has 6 nitrogen and oxygen atoms in total. The van der Waals surface area contributed by atoms with Crippen LogP contribution in [0.4, 0.5) is 4.79 Å². The van der Waals surface area contributed by atoms with Gasteiger partial charge in [0.05, 0.1) is 19.3 Å². The second-order valence-corrected chi connectivity index (χ2v) is 5.98. The molecule has 1 aromatic rings. The zero-order valence-corrected chi connectivity index (χ0v) is 12.8. The van der Waals surface area contributed by atoms with Crippen molar-refractivity contribution < 1.29 is 23.7 Å². The molecule has 0 saturated carbocycles. The van der Waals surface area contributed by atoms with E-state index in [0.29, 0.717) is 13.2 Å². The second-order valence-electron chi connectivity index (χ2n) is 5.98. The lowest BCUT2D eigenvalue weighted by atomic mass is 10.0. The Kier molecular flexibility index (Phi) is 4.33. The van der Waals surface area contributed by atoms with Crippen molar-refractivity contribution in [3.05, 3.63) is 35.9 Å². The first kappa shape index (κ1) is 15.3. The molecule has 0 spiro atoms. The number of nitrogens with one attached hydrogen (secondary N) is 1. The van der Waals surface area contributed by atoms with Crippen LogP contribution < -0.4 is 5.32 Å². The van der Waals surface area contributed by atoms with Crippen LogP contribution in [0.15, 0.2) is 30.3 Å². The highest BCUT2D eigenvalue weighted by Crippen LogP contribution is 2.28. The standard InChI is InChI=1S/C16H21NO5/c1-16(2)21-10-13(19-8-11-6-4-3-5-7-11)14(22-16)12-9-20-15(18)17-12/h3-7,12-14H,8-10H2,1-2H3,(H,17,18)/t12-,13-,14?/m0/s1. The Hall–Kier alpha value is -1.63. The molecule has 1 unspecified atom stereocenters. The topological polar surface area (TPSA) is 66.0 Å². The minimum Gasteiger partial charge on any atom is -0.447 e. The summed E-state index contributed by atoms with van der Waals surface area (Å²) in [6, 6.07) is 9.69. The number of hydrogen-bond acceptors (Lipinski definition) is 5. The summed E-state index contributed by atoms with van der Waals surface area (Å²) >= 11 is 0. The number of rotatable bonds is 4. The van der Waals surface area contributed by atoms with E-state index in [1.54, 1.807) is 0 Å². The van der Waals surface area contributed by atoms with E-state index in [4.69, 9.17) is 18.9 Å². The molecule has 1 amide bonds. The minimum absolute atomic E-state index is 0.226. The normalized spacial score (nSPS) is 30.6. The molecule has 3 rings (SSSR count). The van der Waals surface area contributed by atoms with Crippen molar-refractivity contribution in [3.8, 4) is 0 Å². The van der Waals surface area contributed by atoms with Gasteiger partial charge in [-0.2, -0.15) is 0 Å². The Morgan fingerprint density at radius 1 is 1.27 bits per heavy atom. The molecule has 2 aliphatic heterocycles. The fourth-order valence-electron chi connectivity index (χ4n) is 2.65. The van der Waals surface area contributed by atoms with E-state index in [2.05, 4.69) is 5.32 Å². The van der Waals surface area contributed by atoms with Gasteiger partial charge in [0.1, 0.15) is 18.8 Å². The summed E-state index contributed by atoms with van der Waals surface area (Å²) in [4.78, 5) is 11.3. The average Bonchev–Trinajstić information content (AvgIpc) is 2.93. The van der Waals surface area contributed by atoms with E-state index in [-0.39, 0.29) is 24.9 Å². The van der Waals surface area contributed by atoms with Crippen LogP contribution >= 0.6 is 0 Å². The number of amides is 1. The molecule has 3 atom stereocenters. The van der Waals surface area contributed by atoms with E-state index in [9.17, 15) is 4.79 Å². The van der Waals surface area contributed by atoms with Gasteiger partial charge >= 0.3 is 6.09 Å². The lowest BCUT2D eigenvalue weighted by Gasteiger charge is -2.42. The molecule has 120 valence electrons. The van der Waals surface area contributed by atoms with E-state index >= 15 is 0 Å². The summed E-state index contributed by atoms with van der Waals surface area (Å²) in [5, 5.41) is 2.77. The molecule has 2 saturated heterocycles. The third kappa shape index (κ3) is 3.58. The Bertz CT molecular complexity index is 519. The molecule has 6 heteroatoms. The molecule has 2 fully saturated rings. The molecular formula is C16H21NO5. The number of cyclic esters (lactones) is 1. The smallest absolute Gasteiger partial charge is 0.407 e. The quantitative estimate of drug-likeness (QED) is 0.919. The maximum absolute atomic E-state index is 11.3. The van der Waals surface area contributed by atoms with Crippen molar-refractivity contribution in [3.63, 3.8) is 0 Å². The number of carbonyl (C=O) groups is 1. The van der Waals surface area contributed by atoms with E-state index in [1.165, 1.54) is 0 Å². The molecule has 2 aliphatic rings. The fourth-order valence-corrected chi connectivity index (χ4v) is 2.65. The first-order valence-electron chi connectivity index (χ1n) is 7.44. The summed E-state index contributed by atoms with van der Waals surface area (Å²) in [5.74, 6) is -0.704. The predicted octanol–water partition coefficient (Wildman–Crippen LogP) is 1.83. The summed E-state index contributed by atoms with van der Waals surface area (Å²) < 4.78 is 22.6. The first-order chi connectivity index (χ1) is 10.5. The molecule has 2 heterocycles. The molecule has 1 aromatic carbocycles. The largest absolute Gasteiger partial charge is 0.447 e. The van der Waals surface area contributed by atoms with Crippen molar-refractivity contribution in [2.24, 2.45) is 0 Å².